The molecule has 30 heavy (non-hydrogen) atoms. The summed E-state index contributed by atoms with van der Waals surface area (Å²) in [6.07, 6.45) is 7.74. The van der Waals surface area contributed by atoms with Gasteiger partial charge >= 0.3 is 0 Å². The number of benzene rings is 1. The number of likely N-dealkylation sites (tertiary alicyclic amines) is 1. The molecule has 3 aliphatic heterocycles. The van der Waals surface area contributed by atoms with E-state index in [4.69, 9.17) is 4.74 Å². The third-order valence-corrected chi connectivity index (χ3v) is 6.54. The van der Waals surface area contributed by atoms with Crippen LogP contribution in [0.25, 0.3) is 6.08 Å². The third-order valence-electron chi connectivity index (χ3n) is 6.54. The zero-order chi connectivity index (χ0) is 20.8. The van der Waals surface area contributed by atoms with Gasteiger partial charge in [-0.05, 0) is 37.3 Å². The smallest absolute Gasteiger partial charge is 0.246 e. The lowest BCUT2D eigenvalue weighted by atomic mass is 9.95. The number of nitrogens with zero attached hydrogens (tertiary/aromatic N) is 3. The van der Waals surface area contributed by atoms with Crippen LogP contribution in [0.1, 0.15) is 31.2 Å². The van der Waals surface area contributed by atoms with Crippen LogP contribution >= 0.6 is 0 Å². The monoisotopic (exact) mass is 411 g/mol. The normalized spacial score (nSPS) is 23.9. The summed E-state index contributed by atoms with van der Waals surface area (Å²) in [5.74, 6) is 0.364. The zero-order valence-corrected chi connectivity index (χ0v) is 17.7. The lowest BCUT2D eigenvalue weighted by Gasteiger charge is -2.39. The molecule has 2 amide bonds. The first kappa shape index (κ1) is 21.1. The van der Waals surface area contributed by atoms with E-state index in [0.29, 0.717) is 19.2 Å². The Labute approximate surface area is 179 Å². The van der Waals surface area contributed by atoms with Crippen molar-refractivity contribution in [3.8, 4) is 0 Å². The summed E-state index contributed by atoms with van der Waals surface area (Å²) in [5, 5.41) is 0. The lowest BCUT2D eigenvalue weighted by Crippen LogP contribution is -2.52. The molecule has 3 aliphatic rings. The van der Waals surface area contributed by atoms with Crippen molar-refractivity contribution in [2.24, 2.45) is 5.92 Å². The molecule has 0 N–H and O–H groups in total. The van der Waals surface area contributed by atoms with Crippen molar-refractivity contribution in [1.29, 1.82) is 0 Å². The number of ether oxygens (including phenoxy) is 1. The Morgan fingerprint density at radius 3 is 2.33 bits per heavy atom. The van der Waals surface area contributed by atoms with Crippen molar-refractivity contribution in [1.82, 2.24) is 14.7 Å². The average molecular weight is 412 g/mol. The summed E-state index contributed by atoms with van der Waals surface area (Å²) in [6, 6.07) is 9.85. The van der Waals surface area contributed by atoms with E-state index in [1.807, 2.05) is 46.2 Å². The summed E-state index contributed by atoms with van der Waals surface area (Å²) in [6.45, 7) is 6.71. The molecule has 0 radical (unpaired) electrons. The number of piperazine rings is 1. The number of hydrogen-bond acceptors (Lipinski definition) is 4. The van der Waals surface area contributed by atoms with Gasteiger partial charge in [0.1, 0.15) is 0 Å². The highest BCUT2D eigenvalue weighted by molar-refractivity contribution is 5.92. The molecule has 4 rings (SSSR count). The van der Waals surface area contributed by atoms with Gasteiger partial charge < -0.3 is 14.5 Å². The fraction of sp³-hybridized carbons (Fsp3) is 0.583. The maximum atomic E-state index is 13.0. The second-order valence-corrected chi connectivity index (χ2v) is 8.60. The molecule has 3 fully saturated rings. The van der Waals surface area contributed by atoms with E-state index in [9.17, 15) is 9.59 Å². The van der Waals surface area contributed by atoms with E-state index in [2.05, 4.69) is 4.90 Å². The summed E-state index contributed by atoms with van der Waals surface area (Å²) < 4.78 is 5.74. The number of hydrogen-bond donors (Lipinski definition) is 0. The fourth-order valence-corrected chi connectivity index (χ4v) is 4.67. The van der Waals surface area contributed by atoms with E-state index < -0.39 is 0 Å². The molecule has 0 bridgehead atoms. The average Bonchev–Trinajstić information content (AvgIpc) is 3.31. The largest absolute Gasteiger partial charge is 0.377 e. The van der Waals surface area contributed by atoms with E-state index >= 15 is 0 Å². The van der Waals surface area contributed by atoms with Gasteiger partial charge in [0.15, 0.2) is 0 Å². The van der Waals surface area contributed by atoms with Gasteiger partial charge in [-0.2, -0.15) is 0 Å². The van der Waals surface area contributed by atoms with Crippen LogP contribution in [0.15, 0.2) is 36.4 Å². The predicted molar refractivity (Wildman–Crippen MR) is 117 cm³/mol. The molecule has 1 atom stereocenters. The highest BCUT2D eigenvalue weighted by Crippen LogP contribution is 2.21. The van der Waals surface area contributed by atoms with Gasteiger partial charge in [0.05, 0.1) is 6.10 Å². The molecule has 0 unspecified atom stereocenters. The molecular weight excluding hydrogens is 378 g/mol. The standard InChI is InChI=1S/C24H33N3O3/c28-23(9-8-20-5-2-1-3-6-20)26-12-10-21(11-13-26)24(29)27-16-14-25(15-17-27)19-22-7-4-18-30-22/h1-3,5-6,8-9,21-22H,4,7,10-19H2/b9-8+/t22-/m1/s1. The Balaban J connectivity index is 1.19. The number of carbonyl (C=O) groups is 2. The maximum absolute atomic E-state index is 13.0. The Morgan fingerprint density at radius 2 is 1.67 bits per heavy atom. The summed E-state index contributed by atoms with van der Waals surface area (Å²) in [5.41, 5.74) is 1.02. The van der Waals surface area contributed by atoms with Gasteiger partial charge in [0, 0.05) is 64.4 Å². The Hall–Kier alpha value is -2.18. The predicted octanol–water partition coefficient (Wildman–Crippen LogP) is 2.26. The molecule has 0 saturated carbocycles. The number of carbonyl (C=O) groups excluding carboxylic acids is 2. The van der Waals surface area contributed by atoms with Crippen molar-refractivity contribution >= 4 is 17.9 Å². The molecule has 1 aromatic rings. The van der Waals surface area contributed by atoms with Gasteiger partial charge in [-0.3, -0.25) is 14.5 Å². The first-order valence-corrected chi connectivity index (χ1v) is 11.3. The summed E-state index contributed by atoms with van der Waals surface area (Å²) in [4.78, 5) is 31.7. The summed E-state index contributed by atoms with van der Waals surface area (Å²) in [7, 11) is 0. The van der Waals surface area contributed by atoms with Crippen LogP contribution < -0.4 is 0 Å². The van der Waals surface area contributed by atoms with Crippen molar-refractivity contribution in [3.05, 3.63) is 42.0 Å². The van der Waals surface area contributed by atoms with Gasteiger partial charge in [0.25, 0.3) is 0 Å². The first-order chi connectivity index (χ1) is 14.7. The molecule has 162 valence electrons. The topological polar surface area (TPSA) is 53.1 Å². The second-order valence-electron chi connectivity index (χ2n) is 8.60. The van der Waals surface area contributed by atoms with Crippen molar-refractivity contribution in [3.63, 3.8) is 0 Å². The lowest BCUT2D eigenvalue weighted by molar-refractivity contribution is -0.141. The van der Waals surface area contributed by atoms with E-state index in [1.54, 1.807) is 6.08 Å². The van der Waals surface area contributed by atoms with Crippen molar-refractivity contribution in [2.45, 2.75) is 31.8 Å². The molecular formula is C24H33N3O3. The van der Waals surface area contributed by atoms with Crippen molar-refractivity contribution in [2.75, 3.05) is 52.4 Å². The second kappa shape index (κ2) is 10.2. The molecule has 0 aliphatic carbocycles. The molecule has 3 heterocycles. The molecule has 0 aromatic heterocycles. The number of piperidine rings is 1. The maximum Gasteiger partial charge on any atom is 0.246 e. The molecule has 6 heteroatoms. The Kier molecular flexibility index (Phi) is 7.18. The van der Waals surface area contributed by atoms with Gasteiger partial charge in [-0.1, -0.05) is 30.3 Å². The Bertz CT molecular complexity index is 729. The molecule has 0 spiro atoms. The van der Waals surface area contributed by atoms with Crippen LogP contribution in [-0.4, -0.2) is 85.0 Å². The summed E-state index contributed by atoms with van der Waals surface area (Å²) >= 11 is 0. The van der Waals surface area contributed by atoms with Crippen LogP contribution in [-0.2, 0) is 14.3 Å². The van der Waals surface area contributed by atoms with Gasteiger partial charge in [-0.15, -0.1) is 0 Å². The minimum absolute atomic E-state index is 0.0347. The highest BCUT2D eigenvalue weighted by atomic mass is 16.5. The number of amides is 2. The zero-order valence-electron chi connectivity index (χ0n) is 17.7. The van der Waals surface area contributed by atoms with Crippen LogP contribution in [0.3, 0.4) is 0 Å². The van der Waals surface area contributed by atoms with Crippen LogP contribution in [0.2, 0.25) is 0 Å². The molecule has 3 saturated heterocycles. The van der Waals surface area contributed by atoms with Crippen LogP contribution in [0.4, 0.5) is 0 Å². The minimum atomic E-state index is 0.0347. The number of rotatable bonds is 5. The van der Waals surface area contributed by atoms with Crippen LogP contribution in [0.5, 0.6) is 0 Å². The fourth-order valence-electron chi connectivity index (χ4n) is 4.67. The quantitative estimate of drug-likeness (QED) is 0.698. The third kappa shape index (κ3) is 5.49. The van der Waals surface area contributed by atoms with E-state index in [0.717, 1.165) is 64.2 Å². The van der Waals surface area contributed by atoms with Crippen LogP contribution in [0, 0.1) is 5.92 Å². The van der Waals surface area contributed by atoms with Gasteiger partial charge in [-0.25, -0.2) is 0 Å². The van der Waals surface area contributed by atoms with Crippen molar-refractivity contribution < 1.29 is 14.3 Å². The van der Waals surface area contributed by atoms with Gasteiger partial charge in [0.2, 0.25) is 11.8 Å². The first-order valence-electron chi connectivity index (χ1n) is 11.3. The van der Waals surface area contributed by atoms with E-state index in [1.165, 1.54) is 6.42 Å². The molecule has 1 aromatic carbocycles. The molecule has 6 nitrogen and oxygen atoms in total. The minimum Gasteiger partial charge on any atom is -0.377 e. The highest BCUT2D eigenvalue weighted by Gasteiger charge is 2.32. The Morgan fingerprint density at radius 1 is 0.933 bits per heavy atom. The SMILES string of the molecule is O=C(/C=C/c1ccccc1)N1CCC(C(=O)N2CCN(C[C@H]3CCCO3)CC2)CC1. The van der Waals surface area contributed by atoms with E-state index in [-0.39, 0.29) is 17.7 Å².